The van der Waals surface area contributed by atoms with Crippen molar-refractivity contribution in [1.82, 2.24) is 9.78 Å². The van der Waals surface area contributed by atoms with Gasteiger partial charge in [-0.2, -0.15) is 27.1 Å². The van der Waals surface area contributed by atoms with Gasteiger partial charge in [0.1, 0.15) is 12.7 Å². The molecule has 1 aromatic rings. The zero-order chi connectivity index (χ0) is 16.5. The fraction of sp³-hybridized carbons (Fsp3) is 0.636. The van der Waals surface area contributed by atoms with E-state index in [1.54, 1.807) is 0 Å². The molecule has 0 saturated carbocycles. The van der Waals surface area contributed by atoms with Crippen LogP contribution in [0.2, 0.25) is 0 Å². The van der Waals surface area contributed by atoms with Gasteiger partial charge in [-0.25, -0.2) is 4.68 Å². The van der Waals surface area contributed by atoms with Crippen LogP contribution in [0.15, 0.2) is 6.07 Å². The lowest BCUT2D eigenvalue weighted by molar-refractivity contribution is -0.297. The van der Waals surface area contributed by atoms with Crippen LogP contribution >= 0.6 is 0 Å². The van der Waals surface area contributed by atoms with Crippen molar-refractivity contribution in [2.24, 2.45) is 5.73 Å². The van der Waals surface area contributed by atoms with Gasteiger partial charge < -0.3 is 15.2 Å². The molecule has 22 heavy (non-hydrogen) atoms. The fourth-order valence-corrected chi connectivity index (χ4v) is 1.79. The van der Waals surface area contributed by atoms with Crippen molar-refractivity contribution in [2.45, 2.75) is 31.2 Å². The summed E-state index contributed by atoms with van der Waals surface area (Å²) < 4.78 is 72.3. The average molecular weight is 329 g/mol. The molecule has 2 N–H and O–H groups in total. The molecule has 0 radical (unpaired) electrons. The molecular formula is C11H12F5N3O3. The van der Waals surface area contributed by atoms with Gasteiger partial charge in [-0.1, -0.05) is 0 Å². The predicted molar refractivity (Wildman–Crippen MR) is 61.6 cm³/mol. The van der Waals surface area contributed by atoms with E-state index in [9.17, 15) is 26.7 Å². The molecule has 0 aromatic carbocycles. The Morgan fingerprint density at radius 2 is 2.14 bits per heavy atom. The summed E-state index contributed by atoms with van der Waals surface area (Å²) in [6.45, 7) is -1.92. The van der Waals surface area contributed by atoms with Crippen LogP contribution in [-0.4, -0.2) is 47.1 Å². The van der Waals surface area contributed by atoms with E-state index < -0.39 is 37.3 Å². The third-order valence-electron chi connectivity index (χ3n) is 2.95. The van der Waals surface area contributed by atoms with E-state index in [-0.39, 0.29) is 18.0 Å². The summed E-state index contributed by atoms with van der Waals surface area (Å²) in [5.41, 5.74) is 5.02. The van der Waals surface area contributed by atoms with Gasteiger partial charge in [0.15, 0.2) is 5.69 Å². The van der Waals surface area contributed by atoms with Gasteiger partial charge in [-0.05, 0) is 0 Å². The number of nitrogens with zero attached hydrogens (tertiary/aromatic N) is 2. The Bertz CT molecular complexity index is 558. The van der Waals surface area contributed by atoms with E-state index >= 15 is 0 Å². The number of nitrogens with two attached hydrogens (primary N) is 1. The summed E-state index contributed by atoms with van der Waals surface area (Å²) in [5, 5.41) is 3.84. The normalized spacial score (nSPS) is 18.7. The second kappa shape index (κ2) is 5.71. The second-order valence-electron chi connectivity index (χ2n) is 4.70. The number of carbonyl (C=O) groups excluding carboxylic acids is 1. The minimum Gasteiger partial charge on any atom is -0.472 e. The van der Waals surface area contributed by atoms with Crippen molar-refractivity contribution >= 4 is 5.91 Å². The number of halogens is 5. The number of primary amides is 1. The SMILES string of the molecule is NC(=O)c1cc2n(n1)CCC(COCC(F)(F)C(F)(F)F)O2. The zero-order valence-corrected chi connectivity index (χ0v) is 11.1. The summed E-state index contributed by atoms with van der Waals surface area (Å²) >= 11 is 0. The van der Waals surface area contributed by atoms with Gasteiger partial charge >= 0.3 is 12.1 Å². The summed E-state index contributed by atoms with van der Waals surface area (Å²) in [6.07, 6.45) is -6.09. The first-order valence-electron chi connectivity index (χ1n) is 6.17. The number of aryl methyl sites for hydroxylation is 1. The molecule has 0 fully saturated rings. The second-order valence-corrected chi connectivity index (χ2v) is 4.70. The van der Waals surface area contributed by atoms with Crippen molar-refractivity contribution in [3.8, 4) is 5.88 Å². The van der Waals surface area contributed by atoms with E-state index in [1.165, 1.54) is 10.7 Å². The third-order valence-corrected chi connectivity index (χ3v) is 2.95. The van der Waals surface area contributed by atoms with Crippen molar-refractivity contribution in [3.05, 3.63) is 11.8 Å². The molecule has 0 bridgehead atoms. The molecule has 1 amide bonds. The summed E-state index contributed by atoms with van der Waals surface area (Å²) in [4.78, 5) is 11.0. The predicted octanol–water partition coefficient (Wildman–Crippen LogP) is 1.35. The molecule has 6 nitrogen and oxygen atoms in total. The topological polar surface area (TPSA) is 79.4 Å². The Kier molecular flexibility index (Phi) is 4.27. The number of ether oxygens (including phenoxy) is 2. The van der Waals surface area contributed by atoms with Crippen LogP contribution in [0, 0.1) is 0 Å². The molecule has 1 aromatic heterocycles. The van der Waals surface area contributed by atoms with Crippen LogP contribution in [0.1, 0.15) is 16.9 Å². The zero-order valence-electron chi connectivity index (χ0n) is 11.1. The maximum absolute atomic E-state index is 12.7. The molecular weight excluding hydrogens is 317 g/mol. The first-order valence-corrected chi connectivity index (χ1v) is 6.17. The summed E-state index contributed by atoms with van der Waals surface area (Å²) in [7, 11) is 0. The number of alkyl halides is 5. The molecule has 0 spiro atoms. The molecule has 1 unspecified atom stereocenters. The van der Waals surface area contributed by atoms with Crippen molar-refractivity contribution in [1.29, 1.82) is 0 Å². The molecule has 2 rings (SSSR count). The minimum absolute atomic E-state index is 0.0276. The molecule has 1 aliphatic rings. The number of hydrogen-bond acceptors (Lipinski definition) is 4. The summed E-state index contributed by atoms with van der Waals surface area (Å²) in [5.74, 6) is -5.50. The number of amides is 1. The van der Waals surface area contributed by atoms with E-state index in [0.717, 1.165) is 0 Å². The Balaban J connectivity index is 1.87. The first-order chi connectivity index (χ1) is 10.1. The van der Waals surface area contributed by atoms with Crippen molar-refractivity contribution < 1.29 is 36.2 Å². The summed E-state index contributed by atoms with van der Waals surface area (Å²) in [6, 6.07) is 1.26. The Morgan fingerprint density at radius 1 is 1.45 bits per heavy atom. The van der Waals surface area contributed by atoms with Crippen molar-refractivity contribution in [2.75, 3.05) is 13.2 Å². The van der Waals surface area contributed by atoms with Crippen LogP contribution in [-0.2, 0) is 11.3 Å². The number of carbonyl (C=O) groups is 1. The smallest absolute Gasteiger partial charge is 0.455 e. The highest BCUT2D eigenvalue weighted by molar-refractivity contribution is 5.91. The van der Waals surface area contributed by atoms with E-state index in [0.29, 0.717) is 6.54 Å². The highest BCUT2D eigenvalue weighted by atomic mass is 19.4. The lowest BCUT2D eigenvalue weighted by Crippen LogP contribution is -2.42. The lowest BCUT2D eigenvalue weighted by Gasteiger charge is -2.25. The lowest BCUT2D eigenvalue weighted by atomic mass is 10.2. The maximum Gasteiger partial charge on any atom is 0.455 e. The van der Waals surface area contributed by atoms with Gasteiger partial charge in [-0.15, -0.1) is 0 Å². The highest BCUT2D eigenvalue weighted by Crippen LogP contribution is 2.35. The first kappa shape index (κ1) is 16.5. The van der Waals surface area contributed by atoms with Gasteiger partial charge in [0.2, 0.25) is 5.88 Å². The molecule has 1 atom stereocenters. The highest BCUT2D eigenvalue weighted by Gasteiger charge is 2.57. The largest absolute Gasteiger partial charge is 0.472 e. The number of rotatable bonds is 5. The van der Waals surface area contributed by atoms with Crippen LogP contribution in [0.25, 0.3) is 0 Å². The van der Waals surface area contributed by atoms with Crippen LogP contribution < -0.4 is 10.5 Å². The molecule has 124 valence electrons. The van der Waals surface area contributed by atoms with Crippen molar-refractivity contribution in [3.63, 3.8) is 0 Å². The van der Waals surface area contributed by atoms with Gasteiger partial charge in [0.25, 0.3) is 5.91 Å². The molecule has 2 heterocycles. The molecule has 1 aliphatic heterocycles. The number of aromatic nitrogens is 2. The van der Waals surface area contributed by atoms with Crippen LogP contribution in [0.5, 0.6) is 5.88 Å². The Morgan fingerprint density at radius 3 is 2.73 bits per heavy atom. The van der Waals surface area contributed by atoms with E-state index in [1.807, 2.05) is 0 Å². The maximum atomic E-state index is 12.7. The van der Waals surface area contributed by atoms with Gasteiger partial charge in [0, 0.05) is 19.0 Å². The van der Waals surface area contributed by atoms with E-state index in [4.69, 9.17) is 10.5 Å². The fourth-order valence-electron chi connectivity index (χ4n) is 1.79. The van der Waals surface area contributed by atoms with Crippen LogP contribution in [0.4, 0.5) is 22.0 Å². The standard InChI is InChI=1S/C11H12F5N3O3/c12-10(13,11(14,15)16)5-21-4-6-1-2-19-8(22-6)3-7(18-19)9(17)20/h3,6H,1-2,4-5H2,(H2,17,20). The van der Waals surface area contributed by atoms with E-state index in [2.05, 4.69) is 9.84 Å². The minimum atomic E-state index is -5.66. The van der Waals surface area contributed by atoms with Gasteiger partial charge in [-0.3, -0.25) is 4.79 Å². The molecule has 0 saturated heterocycles. The molecule has 11 heteroatoms. The number of fused-ring (bicyclic) bond motifs is 1. The monoisotopic (exact) mass is 329 g/mol. The number of hydrogen-bond donors (Lipinski definition) is 1. The average Bonchev–Trinajstić information content (AvgIpc) is 2.80. The Hall–Kier alpha value is -1.91. The van der Waals surface area contributed by atoms with Gasteiger partial charge in [0.05, 0.1) is 6.61 Å². The van der Waals surface area contributed by atoms with Crippen LogP contribution in [0.3, 0.4) is 0 Å². The third kappa shape index (κ3) is 3.46. The Labute approximate surface area is 121 Å². The quantitative estimate of drug-likeness (QED) is 0.827. The molecule has 0 aliphatic carbocycles.